The molecular formula is C27H26F3N3O3. The monoisotopic (exact) mass is 497 g/mol. The van der Waals surface area contributed by atoms with E-state index < -0.39 is 17.2 Å². The van der Waals surface area contributed by atoms with Crippen LogP contribution in [0.5, 0.6) is 5.75 Å². The number of phenolic OH excluding ortho intramolecular Hbond substituents is 1. The van der Waals surface area contributed by atoms with E-state index in [2.05, 4.69) is 10.2 Å². The zero-order valence-electron chi connectivity index (χ0n) is 20.3. The molecule has 0 unspecified atom stereocenters. The third-order valence-corrected chi connectivity index (χ3v) is 5.93. The van der Waals surface area contributed by atoms with Crippen LogP contribution in [0.1, 0.15) is 43.9 Å². The van der Waals surface area contributed by atoms with Gasteiger partial charge in [0.25, 0.3) is 0 Å². The van der Waals surface area contributed by atoms with Crippen molar-refractivity contribution in [2.24, 2.45) is 0 Å². The average Bonchev–Trinajstić information content (AvgIpc) is 3.26. The number of nitrogens with zero attached hydrogens (tertiary/aromatic N) is 3. The van der Waals surface area contributed by atoms with Crippen LogP contribution in [0.4, 0.5) is 13.2 Å². The van der Waals surface area contributed by atoms with Crippen molar-refractivity contribution in [3.05, 3.63) is 71.3 Å². The van der Waals surface area contributed by atoms with Gasteiger partial charge in [-0.25, -0.2) is 0 Å². The van der Waals surface area contributed by atoms with Gasteiger partial charge in [0.2, 0.25) is 0 Å². The Kier molecular flexibility index (Phi) is 6.51. The van der Waals surface area contributed by atoms with E-state index in [-0.39, 0.29) is 18.1 Å². The van der Waals surface area contributed by atoms with Crippen LogP contribution in [-0.4, -0.2) is 33.2 Å². The SMILES string of the molecule is COC(=O)CCc1cc(-n2nc3cccc(-c4cccc(C(F)(F)F)c4)c3n2)c(O)c(C(C)(C)C)c1. The molecule has 1 heterocycles. The lowest BCUT2D eigenvalue weighted by molar-refractivity contribution is -0.140. The van der Waals surface area contributed by atoms with Crippen LogP contribution in [0.15, 0.2) is 54.6 Å². The third-order valence-electron chi connectivity index (χ3n) is 5.93. The Labute approximate surface area is 206 Å². The quantitative estimate of drug-likeness (QED) is 0.332. The predicted molar refractivity (Wildman–Crippen MR) is 130 cm³/mol. The number of alkyl halides is 3. The summed E-state index contributed by atoms with van der Waals surface area (Å²) in [6.07, 6.45) is -3.92. The number of hydrogen-bond donors (Lipinski definition) is 1. The number of methoxy groups -OCH3 is 1. The number of aryl methyl sites for hydroxylation is 1. The molecule has 0 saturated carbocycles. The summed E-state index contributed by atoms with van der Waals surface area (Å²) in [7, 11) is 1.33. The Morgan fingerprint density at radius 3 is 2.42 bits per heavy atom. The number of benzene rings is 3. The minimum Gasteiger partial charge on any atom is -0.505 e. The molecule has 4 rings (SSSR count). The predicted octanol–water partition coefficient (Wildman–Crippen LogP) is 6.22. The zero-order valence-corrected chi connectivity index (χ0v) is 20.3. The maximum Gasteiger partial charge on any atom is 0.416 e. The highest BCUT2D eigenvalue weighted by Crippen LogP contribution is 2.38. The molecule has 1 N–H and O–H groups in total. The van der Waals surface area contributed by atoms with Crippen LogP contribution in [-0.2, 0) is 27.5 Å². The number of carbonyl (C=O) groups excluding carboxylic acids is 1. The van der Waals surface area contributed by atoms with Gasteiger partial charge in [0.1, 0.15) is 22.5 Å². The van der Waals surface area contributed by atoms with E-state index in [0.717, 1.165) is 17.7 Å². The van der Waals surface area contributed by atoms with Crippen molar-refractivity contribution in [3.63, 3.8) is 0 Å². The number of ether oxygens (including phenoxy) is 1. The Hall–Kier alpha value is -3.88. The van der Waals surface area contributed by atoms with Crippen LogP contribution < -0.4 is 0 Å². The van der Waals surface area contributed by atoms with Crippen molar-refractivity contribution >= 4 is 17.0 Å². The molecule has 0 spiro atoms. The highest BCUT2D eigenvalue weighted by Gasteiger charge is 2.30. The van der Waals surface area contributed by atoms with Gasteiger partial charge in [-0.05, 0) is 47.2 Å². The van der Waals surface area contributed by atoms with Crippen LogP contribution in [0.3, 0.4) is 0 Å². The van der Waals surface area contributed by atoms with Crippen molar-refractivity contribution in [2.75, 3.05) is 7.11 Å². The van der Waals surface area contributed by atoms with Gasteiger partial charge in [-0.2, -0.15) is 13.2 Å². The Morgan fingerprint density at radius 1 is 1.03 bits per heavy atom. The molecular weight excluding hydrogens is 471 g/mol. The number of esters is 1. The van der Waals surface area contributed by atoms with Crippen LogP contribution >= 0.6 is 0 Å². The molecule has 0 saturated heterocycles. The minimum absolute atomic E-state index is 0.00903. The number of rotatable bonds is 5. The van der Waals surface area contributed by atoms with Gasteiger partial charge in [-0.15, -0.1) is 15.0 Å². The summed E-state index contributed by atoms with van der Waals surface area (Å²) in [5.74, 6) is -0.360. The molecule has 9 heteroatoms. The number of hydrogen-bond acceptors (Lipinski definition) is 5. The van der Waals surface area contributed by atoms with E-state index in [9.17, 15) is 23.1 Å². The fourth-order valence-corrected chi connectivity index (χ4v) is 4.03. The molecule has 3 aromatic carbocycles. The van der Waals surface area contributed by atoms with E-state index in [1.165, 1.54) is 18.0 Å². The number of halogens is 3. The minimum atomic E-state index is -4.47. The van der Waals surface area contributed by atoms with Gasteiger partial charge in [0.15, 0.2) is 0 Å². The fraction of sp³-hybridized carbons (Fsp3) is 0.296. The standard InChI is InChI=1S/C27H26F3N3O3/c1-26(2,3)20-13-16(11-12-23(34)36-4)14-22(25(20)35)33-31-21-10-6-9-19(24(21)32-33)17-7-5-8-18(15-17)27(28,29)30/h5-10,13-15,35H,11-12H2,1-4H3. The first-order valence-corrected chi connectivity index (χ1v) is 11.4. The van der Waals surface area contributed by atoms with Gasteiger partial charge in [-0.3, -0.25) is 4.79 Å². The normalized spacial score (nSPS) is 12.2. The lowest BCUT2D eigenvalue weighted by Crippen LogP contribution is -2.14. The van der Waals surface area contributed by atoms with Crippen molar-refractivity contribution in [1.29, 1.82) is 0 Å². The summed E-state index contributed by atoms with van der Waals surface area (Å²) < 4.78 is 44.6. The second-order valence-electron chi connectivity index (χ2n) is 9.58. The second-order valence-corrected chi connectivity index (χ2v) is 9.58. The summed E-state index contributed by atoms with van der Waals surface area (Å²) >= 11 is 0. The number of aromatic nitrogens is 3. The second kappa shape index (κ2) is 9.29. The van der Waals surface area contributed by atoms with E-state index >= 15 is 0 Å². The summed E-state index contributed by atoms with van der Waals surface area (Å²) in [4.78, 5) is 13.0. The summed E-state index contributed by atoms with van der Waals surface area (Å²) in [5.41, 5.74) is 2.28. The molecule has 0 atom stereocenters. The van der Waals surface area contributed by atoms with Gasteiger partial charge in [0, 0.05) is 17.5 Å². The topological polar surface area (TPSA) is 77.2 Å². The highest BCUT2D eigenvalue weighted by atomic mass is 19.4. The lowest BCUT2D eigenvalue weighted by Gasteiger charge is -2.23. The highest BCUT2D eigenvalue weighted by molar-refractivity contribution is 5.91. The molecule has 0 aliphatic rings. The molecule has 0 amide bonds. The summed E-state index contributed by atoms with van der Waals surface area (Å²) in [5, 5.41) is 20.2. The summed E-state index contributed by atoms with van der Waals surface area (Å²) in [6.45, 7) is 5.86. The van der Waals surface area contributed by atoms with Gasteiger partial charge < -0.3 is 9.84 Å². The number of aromatic hydroxyl groups is 1. The maximum absolute atomic E-state index is 13.3. The first-order valence-electron chi connectivity index (χ1n) is 11.4. The third kappa shape index (κ3) is 5.05. The molecule has 6 nitrogen and oxygen atoms in total. The van der Waals surface area contributed by atoms with Gasteiger partial charge in [0.05, 0.1) is 12.7 Å². The van der Waals surface area contributed by atoms with E-state index in [1.54, 1.807) is 30.3 Å². The van der Waals surface area contributed by atoms with E-state index in [0.29, 0.717) is 39.8 Å². The number of carbonyl (C=O) groups is 1. The Balaban J connectivity index is 1.86. The molecule has 0 bridgehead atoms. The fourth-order valence-electron chi connectivity index (χ4n) is 4.03. The van der Waals surface area contributed by atoms with Crippen molar-refractivity contribution in [2.45, 2.75) is 45.2 Å². The molecule has 1 aromatic heterocycles. The largest absolute Gasteiger partial charge is 0.505 e. The molecule has 0 aliphatic heterocycles. The zero-order chi connectivity index (χ0) is 26.3. The summed E-state index contributed by atoms with van der Waals surface area (Å²) in [6, 6.07) is 13.7. The van der Waals surface area contributed by atoms with Crippen LogP contribution in [0, 0.1) is 0 Å². The molecule has 0 aliphatic carbocycles. The first-order chi connectivity index (χ1) is 16.9. The molecule has 0 fully saturated rings. The Bertz CT molecular complexity index is 1440. The first kappa shape index (κ1) is 25.2. The Morgan fingerprint density at radius 2 is 1.75 bits per heavy atom. The molecule has 4 aromatic rings. The lowest BCUT2D eigenvalue weighted by atomic mass is 9.84. The van der Waals surface area contributed by atoms with Crippen molar-refractivity contribution in [3.8, 4) is 22.6 Å². The molecule has 188 valence electrons. The van der Waals surface area contributed by atoms with Crippen molar-refractivity contribution < 1.29 is 27.8 Å². The van der Waals surface area contributed by atoms with Gasteiger partial charge >= 0.3 is 12.1 Å². The molecule has 36 heavy (non-hydrogen) atoms. The van der Waals surface area contributed by atoms with Crippen molar-refractivity contribution in [1.82, 2.24) is 15.0 Å². The van der Waals surface area contributed by atoms with Gasteiger partial charge in [-0.1, -0.05) is 51.1 Å². The van der Waals surface area contributed by atoms with E-state index in [4.69, 9.17) is 4.74 Å². The van der Waals surface area contributed by atoms with E-state index in [1.807, 2.05) is 26.8 Å². The number of fused-ring (bicyclic) bond motifs is 1. The number of phenols is 1. The smallest absolute Gasteiger partial charge is 0.416 e. The van der Waals surface area contributed by atoms with Crippen LogP contribution in [0.25, 0.3) is 27.8 Å². The van der Waals surface area contributed by atoms with Crippen LogP contribution in [0.2, 0.25) is 0 Å². The maximum atomic E-state index is 13.3. The average molecular weight is 498 g/mol. The molecule has 0 radical (unpaired) electrons.